The zero-order valence-corrected chi connectivity index (χ0v) is 18.5. The largest absolute Gasteiger partial charge is 0.351 e. The predicted octanol–water partition coefficient (Wildman–Crippen LogP) is 3.54. The van der Waals surface area contributed by atoms with Crippen LogP contribution in [0, 0.1) is 0 Å². The van der Waals surface area contributed by atoms with Gasteiger partial charge in [0, 0.05) is 48.7 Å². The van der Waals surface area contributed by atoms with E-state index in [1.54, 1.807) is 10.3 Å². The summed E-state index contributed by atoms with van der Waals surface area (Å²) in [6.07, 6.45) is 0. The van der Waals surface area contributed by atoms with E-state index >= 15 is 0 Å². The molecule has 3 aromatic rings. The molecule has 2 aromatic carbocycles. The van der Waals surface area contributed by atoms with Crippen molar-refractivity contribution >= 4 is 34.8 Å². The molecule has 1 aliphatic rings. The number of carbonyl (C=O) groups is 2. The van der Waals surface area contributed by atoms with Gasteiger partial charge in [-0.2, -0.15) is 0 Å². The Morgan fingerprint density at radius 3 is 2.55 bits per heavy atom. The summed E-state index contributed by atoms with van der Waals surface area (Å²) in [4.78, 5) is 33.5. The fourth-order valence-electron chi connectivity index (χ4n) is 3.45. The molecule has 1 N–H and O–H groups in total. The van der Waals surface area contributed by atoms with E-state index < -0.39 is 0 Å². The minimum atomic E-state index is -0.0716. The van der Waals surface area contributed by atoms with E-state index in [1.807, 2.05) is 54.6 Å². The minimum absolute atomic E-state index is 0.00528. The molecule has 0 atom stereocenters. The molecular formula is C23H23ClN4O2S. The summed E-state index contributed by atoms with van der Waals surface area (Å²) < 4.78 is 0. The predicted molar refractivity (Wildman–Crippen MR) is 123 cm³/mol. The van der Waals surface area contributed by atoms with Gasteiger partial charge in [-0.05, 0) is 17.7 Å². The average molecular weight is 455 g/mol. The monoisotopic (exact) mass is 454 g/mol. The van der Waals surface area contributed by atoms with Crippen LogP contribution in [0.3, 0.4) is 0 Å². The van der Waals surface area contributed by atoms with Crippen LogP contribution in [0.5, 0.6) is 0 Å². The van der Waals surface area contributed by atoms with Crippen LogP contribution in [0.4, 0.5) is 0 Å². The van der Waals surface area contributed by atoms with Gasteiger partial charge in [0.25, 0.3) is 5.91 Å². The van der Waals surface area contributed by atoms with Crippen LogP contribution in [0.1, 0.15) is 16.1 Å². The molecule has 4 rings (SSSR count). The lowest BCUT2D eigenvalue weighted by atomic mass is 10.2. The van der Waals surface area contributed by atoms with Gasteiger partial charge >= 0.3 is 0 Å². The van der Waals surface area contributed by atoms with Crippen LogP contribution >= 0.6 is 22.9 Å². The molecule has 1 aromatic heterocycles. The molecule has 0 radical (unpaired) electrons. The van der Waals surface area contributed by atoms with Gasteiger partial charge in [-0.3, -0.25) is 14.5 Å². The number of aromatic nitrogens is 1. The molecule has 160 valence electrons. The highest BCUT2D eigenvalue weighted by Crippen LogP contribution is 2.26. The number of amides is 2. The summed E-state index contributed by atoms with van der Waals surface area (Å²) in [5.74, 6) is -0.0769. The van der Waals surface area contributed by atoms with Crippen molar-refractivity contribution in [2.75, 3.05) is 32.7 Å². The molecule has 0 saturated carbocycles. The highest BCUT2D eigenvalue weighted by molar-refractivity contribution is 7.13. The van der Waals surface area contributed by atoms with E-state index in [0.717, 1.165) is 16.1 Å². The summed E-state index contributed by atoms with van der Waals surface area (Å²) in [7, 11) is 0. The molecule has 0 spiro atoms. The molecule has 0 unspecified atom stereocenters. The van der Waals surface area contributed by atoms with Gasteiger partial charge in [-0.25, -0.2) is 4.98 Å². The van der Waals surface area contributed by atoms with E-state index in [4.69, 9.17) is 11.6 Å². The van der Waals surface area contributed by atoms with E-state index in [-0.39, 0.29) is 11.8 Å². The second kappa shape index (κ2) is 10.0. The van der Waals surface area contributed by atoms with Crippen LogP contribution in [0.25, 0.3) is 10.6 Å². The lowest BCUT2D eigenvalue weighted by Crippen LogP contribution is -2.51. The molecule has 2 amide bonds. The van der Waals surface area contributed by atoms with Crippen molar-refractivity contribution in [2.24, 2.45) is 0 Å². The van der Waals surface area contributed by atoms with Gasteiger partial charge in [0.15, 0.2) is 0 Å². The zero-order chi connectivity index (χ0) is 21.6. The normalized spacial score (nSPS) is 14.4. The fourth-order valence-corrected chi connectivity index (χ4v) is 4.43. The SMILES string of the molecule is O=C(CN1CCN(C(=O)c2csc(-c3cccc(Cl)c3)n2)CC1)NCc1ccccc1. The Morgan fingerprint density at radius 1 is 1.03 bits per heavy atom. The Hall–Kier alpha value is -2.74. The molecule has 1 aliphatic heterocycles. The number of piperazine rings is 1. The van der Waals surface area contributed by atoms with Crippen molar-refractivity contribution in [3.63, 3.8) is 0 Å². The molecule has 6 nitrogen and oxygen atoms in total. The molecule has 31 heavy (non-hydrogen) atoms. The van der Waals surface area contributed by atoms with E-state index in [0.29, 0.717) is 50.0 Å². The third kappa shape index (κ3) is 5.70. The molecule has 8 heteroatoms. The lowest BCUT2D eigenvalue weighted by molar-refractivity contribution is -0.122. The van der Waals surface area contributed by atoms with Crippen molar-refractivity contribution in [1.29, 1.82) is 0 Å². The number of hydrogen-bond acceptors (Lipinski definition) is 5. The molecule has 0 bridgehead atoms. The number of halogens is 1. The summed E-state index contributed by atoms with van der Waals surface area (Å²) in [6, 6.07) is 17.3. The number of rotatable bonds is 6. The highest BCUT2D eigenvalue weighted by atomic mass is 35.5. The van der Waals surface area contributed by atoms with E-state index in [1.165, 1.54) is 11.3 Å². The van der Waals surface area contributed by atoms with Gasteiger partial charge in [-0.1, -0.05) is 54.1 Å². The Balaban J connectivity index is 1.26. The van der Waals surface area contributed by atoms with Crippen LogP contribution in [-0.4, -0.2) is 59.3 Å². The van der Waals surface area contributed by atoms with Gasteiger partial charge in [0.1, 0.15) is 10.7 Å². The number of benzene rings is 2. The molecule has 0 aliphatic carbocycles. The van der Waals surface area contributed by atoms with Crippen LogP contribution in [0.2, 0.25) is 5.02 Å². The second-order valence-electron chi connectivity index (χ2n) is 7.38. The highest BCUT2D eigenvalue weighted by Gasteiger charge is 2.25. The Bertz CT molecular complexity index is 1050. The summed E-state index contributed by atoms with van der Waals surface area (Å²) in [5, 5.41) is 6.16. The molecule has 2 heterocycles. The van der Waals surface area contributed by atoms with Gasteiger partial charge in [0.05, 0.1) is 6.54 Å². The Morgan fingerprint density at radius 2 is 1.81 bits per heavy atom. The third-order valence-corrected chi connectivity index (χ3v) is 6.28. The van der Waals surface area contributed by atoms with Gasteiger partial charge in [0.2, 0.25) is 5.91 Å². The molecule has 1 saturated heterocycles. The van der Waals surface area contributed by atoms with Crippen molar-refractivity contribution in [3.05, 3.63) is 76.3 Å². The number of nitrogens with zero attached hydrogens (tertiary/aromatic N) is 3. The van der Waals surface area contributed by atoms with Crippen molar-refractivity contribution in [1.82, 2.24) is 20.1 Å². The van der Waals surface area contributed by atoms with Crippen molar-refractivity contribution in [3.8, 4) is 10.6 Å². The van der Waals surface area contributed by atoms with Gasteiger partial charge < -0.3 is 10.2 Å². The number of hydrogen-bond donors (Lipinski definition) is 1. The first-order valence-corrected chi connectivity index (χ1v) is 11.4. The third-order valence-electron chi connectivity index (χ3n) is 5.15. The average Bonchev–Trinajstić information content (AvgIpc) is 3.29. The smallest absolute Gasteiger partial charge is 0.273 e. The van der Waals surface area contributed by atoms with E-state index in [2.05, 4.69) is 15.2 Å². The lowest BCUT2D eigenvalue weighted by Gasteiger charge is -2.33. The van der Waals surface area contributed by atoms with Gasteiger partial charge in [-0.15, -0.1) is 11.3 Å². The Kier molecular flexibility index (Phi) is 6.96. The maximum atomic E-state index is 12.8. The van der Waals surface area contributed by atoms with Crippen LogP contribution in [-0.2, 0) is 11.3 Å². The van der Waals surface area contributed by atoms with Crippen molar-refractivity contribution in [2.45, 2.75) is 6.54 Å². The molecule has 1 fully saturated rings. The quantitative estimate of drug-likeness (QED) is 0.618. The summed E-state index contributed by atoms with van der Waals surface area (Å²) >= 11 is 7.49. The number of thiazole rings is 1. The fraction of sp³-hybridized carbons (Fsp3) is 0.261. The summed E-state index contributed by atoms with van der Waals surface area (Å²) in [5.41, 5.74) is 2.43. The van der Waals surface area contributed by atoms with Crippen LogP contribution < -0.4 is 5.32 Å². The number of nitrogens with one attached hydrogen (secondary N) is 1. The first-order chi connectivity index (χ1) is 15.1. The minimum Gasteiger partial charge on any atom is -0.351 e. The first kappa shape index (κ1) is 21.5. The maximum absolute atomic E-state index is 12.8. The van der Waals surface area contributed by atoms with Crippen molar-refractivity contribution < 1.29 is 9.59 Å². The Labute approximate surface area is 190 Å². The summed E-state index contributed by atoms with van der Waals surface area (Å²) in [6.45, 7) is 3.34. The first-order valence-electron chi connectivity index (χ1n) is 10.1. The topological polar surface area (TPSA) is 65.5 Å². The standard InChI is InChI=1S/C23H23ClN4O2S/c24-19-8-4-7-18(13-19)22-26-20(16-31-22)23(30)28-11-9-27(10-12-28)15-21(29)25-14-17-5-2-1-3-6-17/h1-8,13,16H,9-12,14-15H2,(H,25,29). The maximum Gasteiger partial charge on any atom is 0.273 e. The second-order valence-corrected chi connectivity index (χ2v) is 8.67. The number of carbonyl (C=O) groups excluding carboxylic acids is 2. The van der Waals surface area contributed by atoms with E-state index in [9.17, 15) is 9.59 Å². The van der Waals surface area contributed by atoms with Crippen LogP contribution in [0.15, 0.2) is 60.0 Å². The zero-order valence-electron chi connectivity index (χ0n) is 17.0. The molecular weight excluding hydrogens is 432 g/mol.